The zero-order valence-electron chi connectivity index (χ0n) is 2.53. The Labute approximate surface area is 79.5 Å². The molecule has 0 aromatic heterocycles. The maximum absolute atomic E-state index is 2.82. The minimum absolute atomic E-state index is 0. The largest absolute Gasteiger partial charge is 0 e. The molecule has 0 bridgehead atoms. The third kappa shape index (κ3) is 8.89. The standard InChI is InChI=1S/Cd.Hg.Se.Zn. The van der Waals surface area contributed by atoms with Crippen LogP contribution in [0.25, 0.3) is 0 Å². The van der Waals surface area contributed by atoms with Crippen LogP contribution in [0, 0.1) is 0 Å². The van der Waals surface area contributed by atoms with Crippen molar-refractivity contribution in [3.05, 3.63) is 0 Å². The summed E-state index contributed by atoms with van der Waals surface area (Å²) in [5, 5.41) is 0. The molecule has 0 aromatic rings. The van der Waals surface area contributed by atoms with Gasteiger partial charge in [-0.1, -0.05) is 0 Å². The molecule has 0 radical (unpaired) electrons. The molecule has 0 N–H and O–H groups in total. The fourth-order valence-corrected chi connectivity index (χ4v) is 0. The predicted molar refractivity (Wildman–Crippen MR) is 5.75 cm³/mol. The summed E-state index contributed by atoms with van der Waals surface area (Å²) >= 11 is 3.72. The van der Waals surface area contributed by atoms with Gasteiger partial charge < -0.3 is 0 Å². The minimum Gasteiger partial charge on any atom is 0 e. The molecule has 4 heteroatoms. The molecule has 0 aliphatic carbocycles. The van der Waals surface area contributed by atoms with Crippen molar-refractivity contribution in [1.29, 1.82) is 0 Å². The molecule has 0 aromatic carbocycles. The van der Waals surface area contributed by atoms with Gasteiger partial charge in [0.05, 0.1) is 0 Å². The number of hydrogen-bond acceptors (Lipinski definition) is 0. The quantitative estimate of drug-likeness (QED) is 0.435. The summed E-state index contributed by atoms with van der Waals surface area (Å²) in [5.41, 5.74) is 0. The molecule has 0 nitrogen and oxygen atoms in total. The van der Waals surface area contributed by atoms with E-state index in [0.717, 1.165) is 23.1 Å². The molecule has 0 fully saturated rings. The number of rotatable bonds is 0. The van der Waals surface area contributed by atoms with Gasteiger partial charge in [-0.25, -0.2) is 0 Å². The average molecular weight is 457 g/mol. The van der Waals surface area contributed by atoms with Crippen molar-refractivity contribution < 1.29 is 69.8 Å². The Hall–Kier alpha value is 3.00. The first-order valence-electron chi connectivity index (χ1n) is 0.289. The van der Waals surface area contributed by atoms with Crippen molar-refractivity contribution in [2.45, 2.75) is 0 Å². The Morgan fingerprint density at radius 3 is 1.25 bits per heavy atom. The molecule has 4 heavy (non-hydrogen) atoms. The normalized spacial score (nSPS) is 1.50. The second-order valence-electron chi connectivity index (χ2n) is 0. The summed E-state index contributed by atoms with van der Waals surface area (Å²) < 4.78 is 0. The molecule has 0 saturated heterocycles. The van der Waals surface area contributed by atoms with E-state index in [0.29, 0.717) is 0 Å². The third-order valence-electron chi connectivity index (χ3n) is 0. The maximum atomic E-state index is 2.82. The molecule has 12 valence electrons. The molecule has 0 heterocycles. The zero-order valence-corrected chi connectivity index (χ0v) is 16.7. The van der Waals surface area contributed by atoms with Crippen molar-refractivity contribution in [2.75, 3.05) is 0 Å². The molecule has 0 rings (SSSR count). The molecule has 0 atom stereocenters. The summed E-state index contributed by atoms with van der Waals surface area (Å²) in [5.74, 6) is 0. The summed E-state index contributed by atoms with van der Waals surface area (Å²) in [4.78, 5) is 0. The molecule has 0 spiro atoms. The van der Waals surface area contributed by atoms with Gasteiger partial charge in [0.25, 0.3) is 0 Å². The first kappa shape index (κ1) is 15.8. The molecular weight excluding hydrogens is 457 g/mol. The van der Waals surface area contributed by atoms with Gasteiger partial charge in [0.1, 0.15) is 0 Å². The van der Waals surface area contributed by atoms with Gasteiger partial charge in [0, 0.05) is 46.8 Å². The van der Waals surface area contributed by atoms with Gasteiger partial charge in [0.15, 0.2) is 0 Å². The molecule has 0 unspecified atom stereocenters. The van der Waals surface area contributed by atoms with Crippen LogP contribution in [0.5, 0.6) is 0 Å². The van der Waals surface area contributed by atoms with Crippen molar-refractivity contribution >= 4 is 11.4 Å². The molecular formula is CdHgSeZn. The van der Waals surface area contributed by atoms with Crippen molar-refractivity contribution in [2.24, 2.45) is 0 Å². The number of hydrogen-bond donors (Lipinski definition) is 0. The molecule has 0 aliphatic heterocycles. The Bertz CT molecular complexity index is 8.00. The Morgan fingerprint density at radius 2 is 1.25 bits per heavy atom. The van der Waals surface area contributed by atoms with Crippen LogP contribution in [0.3, 0.4) is 0 Å². The van der Waals surface area contributed by atoms with Crippen LogP contribution in [-0.2, 0) is 69.8 Å². The fourth-order valence-electron chi connectivity index (χ4n) is 0. The van der Waals surface area contributed by atoms with Gasteiger partial charge in [-0.15, -0.1) is 0 Å². The van der Waals surface area contributed by atoms with Crippen LogP contribution in [0.15, 0.2) is 0 Å². The summed E-state index contributed by atoms with van der Waals surface area (Å²) in [6.07, 6.45) is 0. The predicted octanol–water partition coefficient (Wildman–Crippen LogP) is -0.388. The Morgan fingerprint density at radius 1 is 1.25 bits per heavy atom. The average Bonchev–Trinajstić information content (AvgIpc) is 1.00. The van der Waals surface area contributed by atoms with E-state index in [9.17, 15) is 0 Å². The van der Waals surface area contributed by atoms with Crippen LogP contribution in [0.1, 0.15) is 0 Å². The van der Waals surface area contributed by atoms with Gasteiger partial charge in [-0.2, -0.15) is 0 Å². The SMILES string of the molecule is [Cd].[Se]=[Hg].[Zn]. The van der Waals surface area contributed by atoms with Gasteiger partial charge >= 0.3 is 34.4 Å². The monoisotopic (exact) mass is 460 g/mol. The van der Waals surface area contributed by atoms with Crippen molar-refractivity contribution in [3.63, 3.8) is 0 Å². The second kappa shape index (κ2) is 16.7. The van der Waals surface area contributed by atoms with E-state index in [1.165, 1.54) is 0 Å². The molecule has 0 saturated carbocycles. The van der Waals surface area contributed by atoms with Crippen LogP contribution < -0.4 is 0 Å². The zero-order chi connectivity index (χ0) is 2.00. The van der Waals surface area contributed by atoms with Gasteiger partial charge in [-0.3, -0.25) is 0 Å². The molecule has 0 amide bonds. The van der Waals surface area contributed by atoms with Crippen molar-refractivity contribution in [3.8, 4) is 0 Å². The van der Waals surface area contributed by atoms with Gasteiger partial charge in [-0.05, 0) is 0 Å². The summed E-state index contributed by atoms with van der Waals surface area (Å²) in [7, 11) is 0. The van der Waals surface area contributed by atoms with Gasteiger partial charge in [0.2, 0.25) is 0 Å². The third-order valence-corrected chi connectivity index (χ3v) is 0. The van der Waals surface area contributed by atoms with Crippen LogP contribution in [0.4, 0.5) is 0 Å². The first-order valence-corrected chi connectivity index (χ1v) is 13.2. The van der Waals surface area contributed by atoms with Crippen LogP contribution in [0.2, 0.25) is 0 Å². The Kier molecular flexibility index (Phi) is 65.6. The molecule has 0 aliphatic rings. The summed E-state index contributed by atoms with van der Waals surface area (Å²) in [6, 6.07) is 0. The van der Waals surface area contributed by atoms with Crippen molar-refractivity contribution in [1.82, 2.24) is 0 Å². The topological polar surface area (TPSA) is 0 Å². The smallest absolute Gasteiger partial charge is 0 e. The van der Waals surface area contributed by atoms with E-state index in [1.807, 2.05) is 0 Å². The van der Waals surface area contributed by atoms with E-state index in [2.05, 4.69) is 11.4 Å². The van der Waals surface area contributed by atoms with Crippen LogP contribution in [-0.4, -0.2) is 11.4 Å². The fraction of sp³-hybridized carbons (Fsp3) is 0. The van der Waals surface area contributed by atoms with Crippen LogP contribution >= 0.6 is 0 Å². The maximum Gasteiger partial charge on any atom is 0 e. The van der Waals surface area contributed by atoms with E-state index in [-0.39, 0.29) is 46.8 Å². The van der Waals surface area contributed by atoms with E-state index < -0.39 is 0 Å². The van der Waals surface area contributed by atoms with E-state index in [1.54, 1.807) is 0 Å². The first-order chi connectivity index (χ1) is 1.00. The van der Waals surface area contributed by atoms with E-state index in [4.69, 9.17) is 0 Å². The minimum atomic E-state index is 0. The van der Waals surface area contributed by atoms with E-state index >= 15 is 0 Å². The summed E-state index contributed by atoms with van der Waals surface area (Å²) in [6.45, 7) is 0. The second-order valence-corrected chi connectivity index (χ2v) is 0. The Balaban J connectivity index is -0.00000000500.